The number of halogens is 3. The van der Waals surface area contributed by atoms with Crippen LogP contribution in [0.2, 0.25) is 0 Å². The third kappa shape index (κ3) is 2.25. The number of aliphatic hydroxyl groups is 1. The number of rotatable bonds is 1. The van der Waals surface area contributed by atoms with Gasteiger partial charge in [-0.25, -0.2) is 8.78 Å². The molecular weight excluding hydrogens is 310 g/mol. The van der Waals surface area contributed by atoms with E-state index < -0.39 is 17.2 Å². The molecule has 1 saturated heterocycles. The summed E-state index contributed by atoms with van der Waals surface area (Å²) in [6.45, 7) is 1.81. The van der Waals surface area contributed by atoms with Crippen LogP contribution in [0.25, 0.3) is 0 Å². The van der Waals surface area contributed by atoms with Crippen LogP contribution < -0.4 is 0 Å². The highest BCUT2D eigenvalue weighted by atomic mass is 79.9. The first-order valence-electron chi connectivity index (χ1n) is 5.45. The van der Waals surface area contributed by atoms with Gasteiger partial charge in [0.25, 0.3) is 0 Å². The Bertz CT molecular complexity index is 441. The Morgan fingerprint density at radius 2 is 2.18 bits per heavy atom. The predicted octanol–water partition coefficient (Wildman–Crippen LogP) is 3.83. The maximum atomic E-state index is 14.0. The summed E-state index contributed by atoms with van der Waals surface area (Å²) < 4.78 is 28.0. The maximum absolute atomic E-state index is 14.0. The van der Waals surface area contributed by atoms with E-state index in [1.807, 2.05) is 6.92 Å². The van der Waals surface area contributed by atoms with Gasteiger partial charge in [-0.1, -0.05) is 6.92 Å². The summed E-state index contributed by atoms with van der Waals surface area (Å²) in [5, 5.41) is 10.4. The number of benzene rings is 1. The van der Waals surface area contributed by atoms with Crippen molar-refractivity contribution < 1.29 is 13.9 Å². The van der Waals surface area contributed by atoms with Gasteiger partial charge in [0.1, 0.15) is 17.2 Å². The summed E-state index contributed by atoms with van der Waals surface area (Å²) in [7, 11) is 0. The monoisotopic (exact) mass is 322 g/mol. The SMILES string of the molecule is CC1SCCCC1(O)c1c(F)ccc(Br)c1F. The van der Waals surface area contributed by atoms with E-state index in [-0.39, 0.29) is 15.3 Å². The van der Waals surface area contributed by atoms with Crippen molar-refractivity contribution in [3.8, 4) is 0 Å². The molecule has 1 aliphatic heterocycles. The van der Waals surface area contributed by atoms with E-state index in [2.05, 4.69) is 15.9 Å². The molecule has 1 aromatic rings. The van der Waals surface area contributed by atoms with Crippen molar-refractivity contribution in [1.82, 2.24) is 0 Å². The highest BCUT2D eigenvalue weighted by Gasteiger charge is 2.42. The van der Waals surface area contributed by atoms with Crippen LogP contribution >= 0.6 is 27.7 Å². The zero-order chi connectivity index (χ0) is 12.6. The number of thioether (sulfide) groups is 1. The lowest BCUT2D eigenvalue weighted by Gasteiger charge is -2.38. The zero-order valence-corrected chi connectivity index (χ0v) is 11.7. The molecule has 5 heteroatoms. The van der Waals surface area contributed by atoms with Gasteiger partial charge in [-0.05, 0) is 46.7 Å². The fraction of sp³-hybridized carbons (Fsp3) is 0.500. The summed E-state index contributed by atoms with van der Waals surface area (Å²) in [6, 6.07) is 2.50. The lowest BCUT2D eigenvalue weighted by molar-refractivity contribution is 0.0182. The van der Waals surface area contributed by atoms with Crippen molar-refractivity contribution in [2.75, 3.05) is 5.75 Å². The van der Waals surface area contributed by atoms with Crippen LogP contribution in [0.5, 0.6) is 0 Å². The molecule has 2 unspecified atom stereocenters. The summed E-state index contributed by atoms with van der Waals surface area (Å²) in [5.74, 6) is -0.454. The standard InChI is InChI=1S/C12H13BrF2OS/c1-7-12(16,5-2-6-17-7)10-9(14)4-3-8(13)11(10)15/h3-4,7,16H,2,5-6H2,1H3. The first-order chi connectivity index (χ1) is 7.97. The van der Waals surface area contributed by atoms with E-state index in [0.717, 1.165) is 12.2 Å². The second-order valence-corrected chi connectivity index (χ2v) is 6.56. The van der Waals surface area contributed by atoms with Crippen LogP contribution in [0, 0.1) is 11.6 Å². The fourth-order valence-corrected chi connectivity index (χ4v) is 3.70. The first-order valence-corrected chi connectivity index (χ1v) is 7.29. The van der Waals surface area contributed by atoms with Gasteiger partial charge in [-0.2, -0.15) is 11.8 Å². The Morgan fingerprint density at radius 3 is 2.82 bits per heavy atom. The summed E-state index contributed by atoms with van der Waals surface area (Å²) >= 11 is 4.58. The van der Waals surface area contributed by atoms with Crippen LogP contribution in [-0.2, 0) is 5.60 Å². The highest BCUT2D eigenvalue weighted by Crippen LogP contribution is 2.44. The molecule has 0 radical (unpaired) electrons. The normalized spacial score (nSPS) is 29.4. The van der Waals surface area contributed by atoms with Crippen LogP contribution in [-0.4, -0.2) is 16.1 Å². The quantitative estimate of drug-likeness (QED) is 0.793. The lowest BCUT2D eigenvalue weighted by Crippen LogP contribution is -2.40. The minimum atomic E-state index is -1.42. The minimum absolute atomic E-state index is 0.185. The van der Waals surface area contributed by atoms with E-state index in [9.17, 15) is 13.9 Å². The molecule has 1 aromatic carbocycles. The van der Waals surface area contributed by atoms with Gasteiger partial charge in [-0.3, -0.25) is 0 Å². The molecule has 0 saturated carbocycles. The highest BCUT2D eigenvalue weighted by molar-refractivity contribution is 9.10. The molecule has 2 atom stereocenters. The molecule has 1 fully saturated rings. The van der Waals surface area contributed by atoms with Gasteiger partial charge in [0.15, 0.2) is 0 Å². The predicted molar refractivity (Wildman–Crippen MR) is 69.1 cm³/mol. The Labute approximate surface area is 112 Å². The average Bonchev–Trinajstić information content (AvgIpc) is 2.28. The molecule has 1 nitrogen and oxygen atoms in total. The number of hydrogen-bond donors (Lipinski definition) is 1. The molecule has 94 valence electrons. The Kier molecular flexibility index (Phi) is 3.80. The third-order valence-corrected chi connectivity index (χ3v) is 5.25. The van der Waals surface area contributed by atoms with Gasteiger partial charge in [0.2, 0.25) is 0 Å². The molecular formula is C12H13BrF2OS. The molecule has 0 aliphatic carbocycles. The van der Waals surface area contributed by atoms with Gasteiger partial charge in [0, 0.05) is 5.25 Å². The van der Waals surface area contributed by atoms with Crippen LogP contribution in [0.15, 0.2) is 16.6 Å². The summed E-state index contributed by atoms with van der Waals surface area (Å²) in [4.78, 5) is 0. The largest absolute Gasteiger partial charge is 0.384 e. The van der Waals surface area contributed by atoms with Crippen molar-refractivity contribution >= 4 is 27.7 Å². The Hall–Kier alpha value is -0.130. The van der Waals surface area contributed by atoms with Crippen molar-refractivity contribution in [2.45, 2.75) is 30.6 Å². The topological polar surface area (TPSA) is 20.2 Å². The van der Waals surface area contributed by atoms with Gasteiger partial charge in [-0.15, -0.1) is 0 Å². The van der Waals surface area contributed by atoms with Gasteiger partial charge >= 0.3 is 0 Å². The molecule has 0 spiro atoms. The van der Waals surface area contributed by atoms with Crippen molar-refractivity contribution in [3.63, 3.8) is 0 Å². The lowest BCUT2D eigenvalue weighted by atomic mass is 9.85. The Morgan fingerprint density at radius 1 is 1.47 bits per heavy atom. The number of hydrogen-bond acceptors (Lipinski definition) is 2. The summed E-state index contributed by atoms with van der Waals surface area (Å²) in [5.41, 5.74) is -1.62. The average molecular weight is 323 g/mol. The second kappa shape index (κ2) is 4.86. The first kappa shape index (κ1) is 13.3. The van der Waals surface area contributed by atoms with Crippen molar-refractivity contribution in [2.24, 2.45) is 0 Å². The van der Waals surface area contributed by atoms with Crippen molar-refractivity contribution in [3.05, 3.63) is 33.8 Å². The van der Waals surface area contributed by atoms with Crippen LogP contribution in [0.4, 0.5) is 8.78 Å². The molecule has 0 aromatic heterocycles. The van der Waals surface area contributed by atoms with E-state index in [1.165, 1.54) is 12.1 Å². The van der Waals surface area contributed by atoms with Crippen LogP contribution in [0.3, 0.4) is 0 Å². The van der Waals surface area contributed by atoms with Gasteiger partial charge in [0.05, 0.1) is 10.0 Å². The smallest absolute Gasteiger partial charge is 0.146 e. The maximum Gasteiger partial charge on any atom is 0.146 e. The molecule has 1 heterocycles. The molecule has 1 N–H and O–H groups in total. The summed E-state index contributed by atoms with van der Waals surface area (Å²) in [6.07, 6.45) is 1.16. The van der Waals surface area contributed by atoms with E-state index in [0.29, 0.717) is 6.42 Å². The molecule has 17 heavy (non-hydrogen) atoms. The van der Waals surface area contributed by atoms with Gasteiger partial charge < -0.3 is 5.11 Å². The fourth-order valence-electron chi connectivity index (χ4n) is 2.20. The van der Waals surface area contributed by atoms with Crippen molar-refractivity contribution in [1.29, 1.82) is 0 Å². The molecule has 2 rings (SSSR count). The molecule has 0 amide bonds. The van der Waals surface area contributed by atoms with E-state index in [1.54, 1.807) is 11.8 Å². The molecule has 1 aliphatic rings. The second-order valence-electron chi connectivity index (χ2n) is 4.26. The third-order valence-electron chi connectivity index (χ3n) is 3.22. The van der Waals surface area contributed by atoms with E-state index >= 15 is 0 Å². The minimum Gasteiger partial charge on any atom is -0.384 e. The Balaban J connectivity index is 2.55. The zero-order valence-electron chi connectivity index (χ0n) is 9.34. The van der Waals surface area contributed by atoms with Crippen LogP contribution in [0.1, 0.15) is 25.3 Å². The molecule has 0 bridgehead atoms. The van der Waals surface area contributed by atoms with E-state index in [4.69, 9.17) is 0 Å².